The molecule has 0 saturated carbocycles. The van der Waals surface area contributed by atoms with E-state index in [2.05, 4.69) is 5.32 Å². The minimum Gasteiger partial charge on any atom is -0.497 e. The van der Waals surface area contributed by atoms with E-state index in [1.54, 1.807) is 31.2 Å². The molecule has 1 aliphatic heterocycles. The van der Waals surface area contributed by atoms with Crippen molar-refractivity contribution in [2.45, 2.75) is 19.4 Å². The number of carbonyl (C=O) groups is 3. The Bertz CT molecular complexity index is 649. The van der Waals surface area contributed by atoms with Crippen molar-refractivity contribution in [3.63, 3.8) is 0 Å². The predicted molar refractivity (Wildman–Crippen MR) is 91.5 cm³/mol. The van der Waals surface area contributed by atoms with Crippen LogP contribution in [-0.4, -0.2) is 62.7 Å². The number of imide groups is 1. The van der Waals surface area contributed by atoms with E-state index in [4.69, 9.17) is 9.47 Å². The fourth-order valence-corrected chi connectivity index (χ4v) is 2.71. The SMILES string of the molecule is CCNC(=O)C[C@H]1C(=O)N(c2cccc(OC)c2)C(=O)N1CCOC. The number of amides is 4. The second-order valence-corrected chi connectivity index (χ2v) is 5.52. The largest absolute Gasteiger partial charge is 0.497 e. The van der Waals surface area contributed by atoms with Gasteiger partial charge in [-0.1, -0.05) is 6.07 Å². The van der Waals surface area contributed by atoms with E-state index in [0.29, 0.717) is 18.0 Å². The minimum atomic E-state index is -0.847. The van der Waals surface area contributed by atoms with Gasteiger partial charge in [0.15, 0.2) is 0 Å². The Morgan fingerprint density at radius 1 is 1.28 bits per heavy atom. The maximum absolute atomic E-state index is 12.8. The molecule has 0 radical (unpaired) electrons. The summed E-state index contributed by atoms with van der Waals surface area (Å²) in [5.41, 5.74) is 0.412. The quantitative estimate of drug-likeness (QED) is 0.708. The number of nitrogens with zero attached hydrogens (tertiary/aromatic N) is 2. The molecule has 2 rings (SSSR count). The Hall–Kier alpha value is -2.61. The van der Waals surface area contributed by atoms with Crippen molar-refractivity contribution in [3.8, 4) is 5.75 Å². The van der Waals surface area contributed by atoms with Crippen LogP contribution in [0.4, 0.5) is 10.5 Å². The third-order valence-corrected chi connectivity index (χ3v) is 3.92. The van der Waals surface area contributed by atoms with Gasteiger partial charge < -0.3 is 19.7 Å². The topological polar surface area (TPSA) is 88.2 Å². The lowest BCUT2D eigenvalue weighted by molar-refractivity contribution is -0.127. The molecule has 1 heterocycles. The normalized spacial score (nSPS) is 17.2. The molecule has 136 valence electrons. The maximum atomic E-state index is 12.8. The van der Waals surface area contributed by atoms with Gasteiger partial charge in [0.05, 0.1) is 25.8 Å². The Balaban J connectivity index is 2.30. The zero-order chi connectivity index (χ0) is 18.4. The smallest absolute Gasteiger partial charge is 0.332 e. The lowest BCUT2D eigenvalue weighted by Crippen LogP contribution is -2.41. The van der Waals surface area contributed by atoms with Gasteiger partial charge in [-0.25, -0.2) is 9.69 Å². The number of nitrogens with one attached hydrogen (secondary N) is 1. The van der Waals surface area contributed by atoms with Crippen molar-refractivity contribution in [1.29, 1.82) is 0 Å². The van der Waals surface area contributed by atoms with Gasteiger partial charge in [-0.3, -0.25) is 9.59 Å². The monoisotopic (exact) mass is 349 g/mol. The number of carbonyl (C=O) groups excluding carboxylic acids is 3. The van der Waals surface area contributed by atoms with E-state index in [1.165, 1.54) is 19.1 Å². The Kier molecular flexibility index (Phi) is 6.35. The van der Waals surface area contributed by atoms with E-state index in [1.807, 2.05) is 0 Å². The van der Waals surface area contributed by atoms with Crippen molar-refractivity contribution in [2.24, 2.45) is 0 Å². The van der Waals surface area contributed by atoms with Crippen LogP contribution in [0.1, 0.15) is 13.3 Å². The van der Waals surface area contributed by atoms with E-state index in [0.717, 1.165) is 4.90 Å². The summed E-state index contributed by atoms with van der Waals surface area (Å²) in [4.78, 5) is 40.0. The molecule has 4 amide bonds. The Morgan fingerprint density at radius 2 is 2.04 bits per heavy atom. The second kappa shape index (κ2) is 8.48. The molecule has 1 saturated heterocycles. The summed E-state index contributed by atoms with van der Waals surface area (Å²) in [7, 11) is 3.02. The van der Waals surface area contributed by atoms with Crippen LogP contribution < -0.4 is 15.0 Å². The average molecular weight is 349 g/mol. The number of ether oxygens (including phenoxy) is 2. The number of rotatable bonds is 8. The number of hydrogen-bond donors (Lipinski definition) is 1. The lowest BCUT2D eigenvalue weighted by atomic mass is 10.1. The van der Waals surface area contributed by atoms with Gasteiger partial charge in [-0.05, 0) is 19.1 Å². The van der Waals surface area contributed by atoms with Gasteiger partial charge in [0.2, 0.25) is 5.91 Å². The number of benzene rings is 1. The Morgan fingerprint density at radius 3 is 2.68 bits per heavy atom. The van der Waals surface area contributed by atoms with Crippen LogP contribution in [0.25, 0.3) is 0 Å². The predicted octanol–water partition coefficient (Wildman–Crippen LogP) is 1.00. The molecule has 1 aromatic rings. The highest BCUT2D eigenvalue weighted by atomic mass is 16.5. The van der Waals surface area contributed by atoms with Gasteiger partial charge in [0, 0.05) is 26.3 Å². The highest BCUT2D eigenvalue weighted by Crippen LogP contribution is 2.29. The number of hydrogen-bond acceptors (Lipinski definition) is 5. The molecular weight excluding hydrogens is 326 g/mol. The summed E-state index contributed by atoms with van der Waals surface area (Å²) in [6.45, 7) is 2.76. The van der Waals surface area contributed by atoms with Crippen molar-refractivity contribution >= 4 is 23.5 Å². The first-order valence-corrected chi connectivity index (χ1v) is 8.07. The molecule has 1 aromatic carbocycles. The summed E-state index contributed by atoms with van der Waals surface area (Å²) in [6, 6.07) is 5.37. The van der Waals surface area contributed by atoms with E-state index in [9.17, 15) is 14.4 Å². The molecule has 0 unspecified atom stereocenters. The molecule has 25 heavy (non-hydrogen) atoms. The fourth-order valence-electron chi connectivity index (χ4n) is 2.71. The van der Waals surface area contributed by atoms with Crippen molar-refractivity contribution in [2.75, 3.05) is 38.8 Å². The van der Waals surface area contributed by atoms with Crippen LogP contribution in [0.2, 0.25) is 0 Å². The summed E-state index contributed by atoms with van der Waals surface area (Å²) >= 11 is 0. The number of urea groups is 1. The van der Waals surface area contributed by atoms with Gasteiger partial charge in [-0.15, -0.1) is 0 Å². The van der Waals surface area contributed by atoms with Crippen LogP contribution in [0.5, 0.6) is 5.75 Å². The van der Waals surface area contributed by atoms with Crippen molar-refractivity contribution < 1.29 is 23.9 Å². The summed E-state index contributed by atoms with van der Waals surface area (Å²) < 4.78 is 10.2. The van der Waals surface area contributed by atoms with Gasteiger partial charge in [0.1, 0.15) is 11.8 Å². The highest BCUT2D eigenvalue weighted by molar-refractivity contribution is 6.22. The van der Waals surface area contributed by atoms with E-state index in [-0.39, 0.29) is 25.5 Å². The van der Waals surface area contributed by atoms with Crippen molar-refractivity contribution in [1.82, 2.24) is 10.2 Å². The van der Waals surface area contributed by atoms with Gasteiger partial charge in [-0.2, -0.15) is 0 Å². The summed E-state index contributed by atoms with van der Waals surface area (Å²) in [6.07, 6.45) is -0.0808. The maximum Gasteiger partial charge on any atom is 0.332 e. The molecule has 0 spiro atoms. The van der Waals surface area contributed by atoms with Crippen LogP contribution in [0.3, 0.4) is 0 Å². The third kappa shape index (κ3) is 4.08. The van der Waals surface area contributed by atoms with Gasteiger partial charge >= 0.3 is 6.03 Å². The third-order valence-electron chi connectivity index (χ3n) is 3.92. The van der Waals surface area contributed by atoms with Gasteiger partial charge in [0.25, 0.3) is 5.91 Å². The minimum absolute atomic E-state index is 0.0808. The molecule has 1 fully saturated rings. The molecule has 0 aliphatic carbocycles. The van der Waals surface area contributed by atoms with Crippen molar-refractivity contribution in [3.05, 3.63) is 24.3 Å². The number of methoxy groups -OCH3 is 2. The van der Waals surface area contributed by atoms with Crippen LogP contribution in [-0.2, 0) is 14.3 Å². The van der Waals surface area contributed by atoms with Crippen LogP contribution >= 0.6 is 0 Å². The molecule has 1 N–H and O–H groups in total. The molecular formula is C17H23N3O5. The average Bonchev–Trinajstić information content (AvgIpc) is 2.83. The van der Waals surface area contributed by atoms with Crippen LogP contribution in [0.15, 0.2) is 24.3 Å². The van der Waals surface area contributed by atoms with E-state index >= 15 is 0 Å². The summed E-state index contributed by atoms with van der Waals surface area (Å²) in [5.74, 6) is -0.169. The second-order valence-electron chi connectivity index (χ2n) is 5.52. The standard InChI is InChI=1S/C17H23N3O5/c1-4-18-15(21)11-14-16(22)20(17(23)19(14)8-9-24-2)12-6-5-7-13(10-12)25-3/h5-7,10,14H,4,8-9,11H2,1-3H3,(H,18,21)/t14-/m0/s1. The first-order chi connectivity index (χ1) is 12.0. The fraction of sp³-hybridized carbons (Fsp3) is 0.471. The molecule has 8 nitrogen and oxygen atoms in total. The molecule has 0 aromatic heterocycles. The van der Waals surface area contributed by atoms with E-state index < -0.39 is 18.0 Å². The molecule has 1 atom stereocenters. The molecule has 0 bridgehead atoms. The first-order valence-electron chi connectivity index (χ1n) is 8.07. The number of anilines is 1. The zero-order valence-electron chi connectivity index (χ0n) is 14.7. The highest BCUT2D eigenvalue weighted by Gasteiger charge is 2.46. The lowest BCUT2D eigenvalue weighted by Gasteiger charge is -2.21. The van der Waals surface area contributed by atoms with Crippen LogP contribution in [0, 0.1) is 0 Å². The zero-order valence-corrected chi connectivity index (χ0v) is 14.7. The molecule has 8 heteroatoms. The first kappa shape index (κ1) is 18.7. The Labute approximate surface area is 146 Å². The summed E-state index contributed by atoms with van der Waals surface area (Å²) in [5, 5.41) is 2.66. The molecule has 1 aliphatic rings.